The Labute approximate surface area is 152 Å². The second kappa shape index (κ2) is 5.48. The van der Waals surface area contributed by atoms with E-state index < -0.39 is 33.9 Å². The number of sulfonamides is 1. The molecule has 9 nitrogen and oxygen atoms in total. The van der Waals surface area contributed by atoms with Gasteiger partial charge in [0.1, 0.15) is 0 Å². The van der Waals surface area contributed by atoms with Crippen LogP contribution in [0.1, 0.15) is 41.4 Å². The number of hydrogen-bond acceptors (Lipinski definition) is 8. The lowest BCUT2D eigenvalue weighted by atomic mass is 10.1. The molecule has 4 rings (SSSR count). The lowest BCUT2D eigenvalue weighted by Gasteiger charge is -2.20. The summed E-state index contributed by atoms with van der Waals surface area (Å²) in [5.41, 5.74) is -0.0337. The maximum Gasteiger partial charge on any atom is 0.346 e. The lowest BCUT2D eigenvalue weighted by molar-refractivity contribution is 0.0425. The molecule has 2 aromatic rings. The van der Waals surface area contributed by atoms with Crippen molar-refractivity contribution in [2.24, 2.45) is 0 Å². The van der Waals surface area contributed by atoms with Gasteiger partial charge in [-0.3, -0.25) is 4.31 Å². The Morgan fingerprint density at radius 1 is 0.704 bits per heavy atom. The third-order valence-electron chi connectivity index (χ3n) is 4.27. The van der Waals surface area contributed by atoms with Gasteiger partial charge in [0, 0.05) is 7.05 Å². The summed E-state index contributed by atoms with van der Waals surface area (Å²) in [6, 6.07) is 7.30. The van der Waals surface area contributed by atoms with Gasteiger partial charge in [0.2, 0.25) is 0 Å². The molecule has 0 aliphatic carbocycles. The molecule has 10 heteroatoms. The maximum absolute atomic E-state index is 12.9. The first-order valence-corrected chi connectivity index (χ1v) is 8.94. The standard InChI is InChI=1S/C17H9NO8S/c1-18(8-2-4-10-12(6-8)16(21)25-14(10)19)27(23,24)9-3-5-11-13(7-9)17(22)26-15(11)20/h2-7H,1H3. The van der Waals surface area contributed by atoms with Crippen LogP contribution in [0.5, 0.6) is 0 Å². The fourth-order valence-corrected chi connectivity index (χ4v) is 4.00. The first kappa shape index (κ1) is 16.9. The zero-order valence-electron chi connectivity index (χ0n) is 13.6. The van der Waals surface area contributed by atoms with Crippen LogP contribution in [0.4, 0.5) is 5.69 Å². The molecule has 2 heterocycles. The zero-order chi connectivity index (χ0) is 19.5. The monoisotopic (exact) mass is 387 g/mol. The van der Waals surface area contributed by atoms with E-state index in [4.69, 9.17) is 0 Å². The van der Waals surface area contributed by atoms with E-state index in [2.05, 4.69) is 9.47 Å². The van der Waals surface area contributed by atoms with Gasteiger partial charge in [-0.1, -0.05) is 0 Å². The highest BCUT2D eigenvalue weighted by molar-refractivity contribution is 7.92. The van der Waals surface area contributed by atoms with Crippen molar-refractivity contribution in [2.45, 2.75) is 4.90 Å². The van der Waals surface area contributed by atoms with E-state index in [-0.39, 0.29) is 32.8 Å². The number of esters is 4. The lowest BCUT2D eigenvalue weighted by Crippen LogP contribution is -2.27. The number of carbonyl (C=O) groups excluding carboxylic acids is 4. The average molecular weight is 387 g/mol. The highest BCUT2D eigenvalue weighted by Gasteiger charge is 2.34. The Morgan fingerprint density at radius 2 is 1.19 bits per heavy atom. The molecule has 0 aromatic heterocycles. The van der Waals surface area contributed by atoms with E-state index in [9.17, 15) is 27.6 Å². The predicted molar refractivity (Wildman–Crippen MR) is 88.0 cm³/mol. The smallest absolute Gasteiger partial charge is 0.346 e. The van der Waals surface area contributed by atoms with Crippen LogP contribution in [-0.2, 0) is 19.5 Å². The Balaban J connectivity index is 1.75. The number of carbonyl (C=O) groups is 4. The third kappa shape index (κ3) is 2.41. The predicted octanol–water partition coefficient (Wildman–Crippen LogP) is 1.13. The zero-order valence-corrected chi connectivity index (χ0v) is 14.4. The molecule has 0 N–H and O–H groups in total. The molecule has 2 aromatic carbocycles. The van der Waals surface area contributed by atoms with E-state index in [1.807, 2.05) is 0 Å². The minimum atomic E-state index is -4.13. The van der Waals surface area contributed by atoms with Crippen molar-refractivity contribution >= 4 is 39.6 Å². The van der Waals surface area contributed by atoms with E-state index >= 15 is 0 Å². The minimum absolute atomic E-state index is 0.0135. The van der Waals surface area contributed by atoms with Gasteiger partial charge in [-0.15, -0.1) is 0 Å². The molecule has 2 aliphatic rings. The Hall–Kier alpha value is -3.53. The SMILES string of the molecule is CN(c1ccc2c(c1)C(=O)OC2=O)S(=O)(=O)c1ccc2c(c1)C(=O)OC2=O. The van der Waals surface area contributed by atoms with Gasteiger partial charge in [-0.05, 0) is 36.4 Å². The first-order chi connectivity index (χ1) is 12.7. The van der Waals surface area contributed by atoms with E-state index in [0.29, 0.717) is 0 Å². The van der Waals surface area contributed by atoms with Crippen LogP contribution in [-0.4, -0.2) is 39.3 Å². The van der Waals surface area contributed by atoms with Gasteiger partial charge in [-0.25, -0.2) is 27.6 Å². The van der Waals surface area contributed by atoms with Crippen molar-refractivity contribution in [1.82, 2.24) is 0 Å². The summed E-state index contributed by atoms with van der Waals surface area (Å²) in [5.74, 6) is -3.42. The van der Waals surface area contributed by atoms with Crippen molar-refractivity contribution in [1.29, 1.82) is 0 Å². The number of fused-ring (bicyclic) bond motifs is 2. The maximum atomic E-state index is 12.9. The quantitative estimate of drug-likeness (QED) is 0.567. The van der Waals surface area contributed by atoms with Gasteiger partial charge in [0.25, 0.3) is 10.0 Å². The number of hydrogen-bond donors (Lipinski definition) is 0. The summed E-state index contributed by atoms with van der Waals surface area (Å²) in [6.07, 6.45) is 0. The normalized spacial score (nSPS) is 15.3. The van der Waals surface area contributed by atoms with Gasteiger partial charge in [0.15, 0.2) is 0 Å². The number of rotatable bonds is 3. The first-order valence-electron chi connectivity index (χ1n) is 7.50. The molecular formula is C17H9NO8S. The molecule has 0 saturated carbocycles. The molecule has 0 amide bonds. The Kier molecular flexibility index (Phi) is 3.43. The fourth-order valence-electron chi connectivity index (χ4n) is 2.79. The van der Waals surface area contributed by atoms with Crippen LogP contribution in [0.2, 0.25) is 0 Å². The van der Waals surface area contributed by atoms with Gasteiger partial charge < -0.3 is 9.47 Å². The summed E-state index contributed by atoms with van der Waals surface area (Å²) in [6.45, 7) is 0. The molecule has 0 saturated heterocycles. The second-order valence-electron chi connectivity index (χ2n) is 5.76. The molecule has 0 spiro atoms. The van der Waals surface area contributed by atoms with Crippen LogP contribution < -0.4 is 4.31 Å². The molecule has 0 radical (unpaired) electrons. The molecule has 0 bridgehead atoms. The Morgan fingerprint density at radius 3 is 1.78 bits per heavy atom. The summed E-state index contributed by atoms with van der Waals surface area (Å²) >= 11 is 0. The van der Waals surface area contributed by atoms with Crippen LogP contribution in [0.25, 0.3) is 0 Å². The number of ether oxygens (including phenoxy) is 2. The molecule has 27 heavy (non-hydrogen) atoms. The van der Waals surface area contributed by atoms with Crippen molar-refractivity contribution < 1.29 is 37.1 Å². The van der Waals surface area contributed by atoms with Crippen molar-refractivity contribution in [3.63, 3.8) is 0 Å². The summed E-state index contributed by atoms with van der Waals surface area (Å²) in [5, 5.41) is 0. The minimum Gasteiger partial charge on any atom is -0.386 e. The molecular weight excluding hydrogens is 378 g/mol. The second-order valence-corrected chi connectivity index (χ2v) is 7.73. The number of nitrogens with zero attached hydrogens (tertiary/aromatic N) is 1. The van der Waals surface area contributed by atoms with Gasteiger partial charge in [0.05, 0.1) is 32.8 Å². The van der Waals surface area contributed by atoms with Crippen LogP contribution in [0.3, 0.4) is 0 Å². The average Bonchev–Trinajstić information content (AvgIpc) is 3.09. The molecule has 0 fully saturated rings. The fraction of sp³-hybridized carbons (Fsp3) is 0.0588. The largest absolute Gasteiger partial charge is 0.386 e. The van der Waals surface area contributed by atoms with Crippen LogP contribution in [0, 0.1) is 0 Å². The van der Waals surface area contributed by atoms with Crippen molar-refractivity contribution in [3.05, 3.63) is 58.7 Å². The Bertz CT molecular complexity index is 1180. The topological polar surface area (TPSA) is 124 Å². The summed E-state index contributed by atoms with van der Waals surface area (Å²) < 4.78 is 35.6. The number of cyclic esters (lactones) is 4. The number of anilines is 1. The molecule has 2 aliphatic heterocycles. The number of benzene rings is 2. The van der Waals surface area contributed by atoms with Crippen LogP contribution in [0.15, 0.2) is 41.3 Å². The van der Waals surface area contributed by atoms with Crippen molar-refractivity contribution in [3.8, 4) is 0 Å². The van der Waals surface area contributed by atoms with Gasteiger partial charge in [-0.2, -0.15) is 0 Å². The van der Waals surface area contributed by atoms with Crippen molar-refractivity contribution in [2.75, 3.05) is 11.4 Å². The third-order valence-corrected chi connectivity index (χ3v) is 6.05. The molecule has 0 unspecified atom stereocenters. The van der Waals surface area contributed by atoms with Crippen LogP contribution >= 0.6 is 0 Å². The highest BCUT2D eigenvalue weighted by atomic mass is 32.2. The van der Waals surface area contributed by atoms with Gasteiger partial charge >= 0.3 is 23.9 Å². The molecule has 136 valence electrons. The molecule has 0 atom stereocenters. The van der Waals surface area contributed by atoms with E-state index in [1.165, 1.54) is 37.4 Å². The van der Waals surface area contributed by atoms with E-state index in [1.54, 1.807) is 0 Å². The highest BCUT2D eigenvalue weighted by Crippen LogP contribution is 2.30. The summed E-state index contributed by atoms with van der Waals surface area (Å²) in [4.78, 5) is 46.1. The summed E-state index contributed by atoms with van der Waals surface area (Å²) in [7, 11) is -2.88. The van der Waals surface area contributed by atoms with E-state index in [0.717, 1.165) is 10.4 Å².